The molecule has 0 aromatic heterocycles. The standard InChI is InChI=1S/C27H23FN2O5/c1-2-14-30(15-24(31)32)26(33)21-12-7-13-23(28)25(21)29-27(34)35-16-22-19-10-5-3-8-17(19)18-9-4-6-11-20(18)22/h2-13,22H,1,14-16H2,(H,29,34)(H,31,32). The Balaban J connectivity index is 1.52. The lowest BCUT2D eigenvalue weighted by molar-refractivity contribution is -0.137. The number of amides is 2. The van der Waals surface area contributed by atoms with E-state index >= 15 is 0 Å². The number of nitrogens with one attached hydrogen (secondary N) is 1. The zero-order valence-corrected chi connectivity index (χ0v) is 18.7. The van der Waals surface area contributed by atoms with Crippen LogP contribution in [0.4, 0.5) is 14.9 Å². The molecule has 0 spiro atoms. The highest BCUT2D eigenvalue weighted by Crippen LogP contribution is 2.44. The maximum Gasteiger partial charge on any atom is 0.411 e. The number of ether oxygens (including phenoxy) is 1. The van der Waals surface area contributed by atoms with Gasteiger partial charge in [0.2, 0.25) is 0 Å². The van der Waals surface area contributed by atoms with Crippen LogP contribution in [0.15, 0.2) is 79.4 Å². The fraction of sp³-hybridized carbons (Fsp3) is 0.148. The highest BCUT2D eigenvalue weighted by Gasteiger charge is 2.29. The summed E-state index contributed by atoms with van der Waals surface area (Å²) in [7, 11) is 0. The molecular formula is C27H23FN2O5. The number of hydrogen-bond donors (Lipinski definition) is 2. The van der Waals surface area contributed by atoms with Gasteiger partial charge in [-0.25, -0.2) is 9.18 Å². The van der Waals surface area contributed by atoms with Crippen LogP contribution in [0.2, 0.25) is 0 Å². The van der Waals surface area contributed by atoms with Crippen LogP contribution in [-0.2, 0) is 9.53 Å². The Hall–Kier alpha value is -4.46. The van der Waals surface area contributed by atoms with Gasteiger partial charge in [0.25, 0.3) is 5.91 Å². The van der Waals surface area contributed by atoms with Gasteiger partial charge >= 0.3 is 12.1 Å². The van der Waals surface area contributed by atoms with E-state index in [0.717, 1.165) is 33.2 Å². The first-order valence-corrected chi connectivity index (χ1v) is 10.9. The van der Waals surface area contributed by atoms with Crippen LogP contribution in [-0.4, -0.2) is 47.7 Å². The number of para-hydroxylation sites is 1. The summed E-state index contributed by atoms with van der Waals surface area (Å²) in [4.78, 5) is 37.7. The number of hydrogen-bond acceptors (Lipinski definition) is 4. The normalized spacial score (nSPS) is 11.8. The summed E-state index contributed by atoms with van der Waals surface area (Å²) in [6, 6.07) is 19.4. The number of carboxylic acid groups (broad SMARTS) is 1. The van der Waals surface area contributed by atoms with Crippen LogP contribution in [0.5, 0.6) is 0 Å². The average molecular weight is 474 g/mol. The highest BCUT2D eigenvalue weighted by molar-refractivity contribution is 6.03. The molecule has 3 aromatic carbocycles. The smallest absolute Gasteiger partial charge is 0.411 e. The van der Waals surface area contributed by atoms with Gasteiger partial charge in [-0.2, -0.15) is 0 Å². The number of halogens is 1. The second kappa shape index (κ2) is 10.2. The third kappa shape index (κ3) is 4.91. The van der Waals surface area contributed by atoms with Crippen LogP contribution in [0.25, 0.3) is 11.1 Å². The molecule has 2 N–H and O–H groups in total. The van der Waals surface area contributed by atoms with Crippen LogP contribution in [0.1, 0.15) is 27.4 Å². The molecule has 35 heavy (non-hydrogen) atoms. The molecule has 2 amide bonds. The van der Waals surface area contributed by atoms with Gasteiger partial charge in [0.15, 0.2) is 0 Å². The number of carboxylic acids is 1. The van der Waals surface area contributed by atoms with Crippen LogP contribution in [0.3, 0.4) is 0 Å². The molecule has 0 radical (unpaired) electrons. The SMILES string of the molecule is C=CCN(CC(=O)O)C(=O)c1cccc(F)c1NC(=O)OCC1c2ccccc2-c2ccccc21. The van der Waals surface area contributed by atoms with Gasteiger partial charge in [-0.1, -0.05) is 60.7 Å². The molecule has 1 aliphatic carbocycles. The lowest BCUT2D eigenvalue weighted by Gasteiger charge is -2.21. The topological polar surface area (TPSA) is 95.9 Å². The van der Waals surface area contributed by atoms with Gasteiger partial charge < -0.3 is 14.7 Å². The van der Waals surface area contributed by atoms with Crippen molar-refractivity contribution in [3.05, 3.63) is 102 Å². The summed E-state index contributed by atoms with van der Waals surface area (Å²) in [6.45, 7) is 2.86. The Morgan fingerprint density at radius 3 is 2.23 bits per heavy atom. The summed E-state index contributed by atoms with van der Waals surface area (Å²) in [5, 5.41) is 11.4. The molecule has 0 saturated heterocycles. The number of aliphatic carboxylic acids is 1. The average Bonchev–Trinajstić information content (AvgIpc) is 3.17. The third-order valence-corrected chi connectivity index (χ3v) is 5.78. The molecule has 0 atom stereocenters. The molecule has 0 unspecified atom stereocenters. The van der Waals surface area contributed by atoms with Crippen molar-refractivity contribution in [2.75, 3.05) is 25.0 Å². The van der Waals surface area contributed by atoms with Gasteiger partial charge in [0, 0.05) is 12.5 Å². The molecule has 0 saturated carbocycles. The summed E-state index contributed by atoms with van der Waals surface area (Å²) in [6.07, 6.45) is 0.429. The van der Waals surface area contributed by atoms with Crippen LogP contribution in [0, 0.1) is 5.82 Å². The van der Waals surface area contributed by atoms with Gasteiger partial charge in [-0.05, 0) is 34.4 Å². The van der Waals surface area contributed by atoms with E-state index in [2.05, 4.69) is 11.9 Å². The Labute approximate surface area is 201 Å². The van der Waals surface area contributed by atoms with E-state index in [9.17, 15) is 18.8 Å². The first-order valence-electron chi connectivity index (χ1n) is 10.9. The molecule has 3 aromatic rings. The molecule has 0 bridgehead atoms. The fourth-order valence-corrected chi connectivity index (χ4v) is 4.27. The summed E-state index contributed by atoms with van der Waals surface area (Å²) in [5.41, 5.74) is 3.62. The molecule has 0 fully saturated rings. The highest BCUT2D eigenvalue weighted by atomic mass is 19.1. The molecular weight excluding hydrogens is 451 g/mol. The van der Waals surface area contributed by atoms with E-state index < -0.39 is 30.3 Å². The predicted molar refractivity (Wildman–Crippen MR) is 129 cm³/mol. The molecule has 7 nitrogen and oxygen atoms in total. The summed E-state index contributed by atoms with van der Waals surface area (Å²) < 4.78 is 20.1. The lowest BCUT2D eigenvalue weighted by atomic mass is 9.98. The van der Waals surface area contributed by atoms with Gasteiger partial charge in [-0.3, -0.25) is 14.9 Å². The van der Waals surface area contributed by atoms with Crippen molar-refractivity contribution >= 4 is 23.7 Å². The first kappa shape index (κ1) is 23.7. The van der Waals surface area contributed by atoms with Crippen molar-refractivity contribution < 1.29 is 28.6 Å². The van der Waals surface area contributed by atoms with E-state index in [4.69, 9.17) is 9.84 Å². The minimum Gasteiger partial charge on any atom is -0.480 e. The minimum atomic E-state index is -1.23. The van der Waals surface area contributed by atoms with Crippen molar-refractivity contribution in [3.63, 3.8) is 0 Å². The number of carbonyl (C=O) groups excluding carboxylic acids is 2. The van der Waals surface area contributed by atoms with Crippen LogP contribution >= 0.6 is 0 Å². The van der Waals surface area contributed by atoms with Gasteiger partial charge in [0.1, 0.15) is 19.0 Å². The summed E-state index contributed by atoms with van der Waals surface area (Å²) in [5.74, 6) is -3.03. The second-order valence-electron chi connectivity index (χ2n) is 7.98. The van der Waals surface area contributed by atoms with Crippen molar-refractivity contribution in [1.82, 2.24) is 4.90 Å². The number of benzene rings is 3. The minimum absolute atomic E-state index is 0.0131. The fourth-order valence-electron chi connectivity index (χ4n) is 4.27. The molecule has 178 valence electrons. The number of nitrogens with zero attached hydrogens (tertiary/aromatic N) is 1. The Kier molecular flexibility index (Phi) is 6.91. The maximum atomic E-state index is 14.6. The van der Waals surface area contributed by atoms with Crippen molar-refractivity contribution in [2.45, 2.75) is 5.92 Å². The molecule has 0 aliphatic heterocycles. The Bertz CT molecular complexity index is 1260. The Morgan fingerprint density at radius 2 is 1.63 bits per heavy atom. The quantitative estimate of drug-likeness (QED) is 0.453. The van der Waals surface area contributed by atoms with Crippen LogP contribution < -0.4 is 5.32 Å². The predicted octanol–water partition coefficient (Wildman–Crippen LogP) is 4.90. The number of carbonyl (C=O) groups is 3. The number of fused-ring (bicyclic) bond motifs is 3. The molecule has 0 heterocycles. The zero-order chi connectivity index (χ0) is 24.9. The van der Waals surface area contributed by atoms with E-state index in [1.807, 2.05) is 48.5 Å². The van der Waals surface area contributed by atoms with Gasteiger partial charge in [-0.15, -0.1) is 6.58 Å². The molecule has 4 rings (SSSR count). The Morgan fingerprint density at radius 1 is 1.00 bits per heavy atom. The second-order valence-corrected chi connectivity index (χ2v) is 7.98. The maximum absolute atomic E-state index is 14.6. The number of anilines is 1. The van der Waals surface area contributed by atoms with Crippen molar-refractivity contribution in [3.8, 4) is 11.1 Å². The van der Waals surface area contributed by atoms with E-state index in [0.29, 0.717) is 0 Å². The zero-order valence-electron chi connectivity index (χ0n) is 18.7. The lowest BCUT2D eigenvalue weighted by Crippen LogP contribution is -2.36. The monoisotopic (exact) mass is 474 g/mol. The van der Waals surface area contributed by atoms with E-state index in [-0.39, 0.29) is 30.3 Å². The van der Waals surface area contributed by atoms with Crippen molar-refractivity contribution in [2.24, 2.45) is 0 Å². The molecule has 8 heteroatoms. The summed E-state index contributed by atoms with van der Waals surface area (Å²) >= 11 is 0. The largest absolute Gasteiger partial charge is 0.480 e. The third-order valence-electron chi connectivity index (χ3n) is 5.78. The van der Waals surface area contributed by atoms with Crippen molar-refractivity contribution in [1.29, 1.82) is 0 Å². The number of rotatable bonds is 8. The van der Waals surface area contributed by atoms with E-state index in [1.54, 1.807) is 0 Å². The molecule has 1 aliphatic rings. The first-order chi connectivity index (χ1) is 16.9. The van der Waals surface area contributed by atoms with Gasteiger partial charge in [0.05, 0.1) is 11.3 Å². The van der Waals surface area contributed by atoms with E-state index in [1.165, 1.54) is 18.2 Å².